The Bertz CT molecular complexity index is 528. The van der Waals surface area contributed by atoms with Crippen LogP contribution in [-0.4, -0.2) is 18.1 Å². The van der Waals surface area contributed by atoms with Gasteiger partial charge in [-0.2, -0.15) is 0 Å². The fourth-order valence-electron chi connectivity index (χ4n) is 3.94. The summed E-state index contributed by atoms with van der Waals surface area (Å²) >= 11 is 11.3. The van der Waals surface area contributed by atoms with Crippen LogP contribution in [0.5, 0.6) is 0 Å². The van der Waals surface area contributed by atoms with Crippen molar-refractivity contribution in [2.45, 2.75) is 44.9 Å². The third kappa shape index (κ3) is 3.19. The molecule has 1 heterocycles. The summed E-state index contributed by atoms with van der Waals surface area (Å²) in [6, 6.07) is 6.05. The number of rotatable bonds is 2. The van der Waals surface area contributed by atoms with Gasteiger partial charge in [-0.25, -0.2) is 0 Å². The summed E-state index contributed by atoms with van der Waals surface area (Å²) in [7, 11) is 0. The Morgan fingerprint density at radius 1 is 1.10 bits per heavy atom. The zero-order chi connectivity index (χ0) is 14.9. The van der Waals surface area contributed by atoms with Crippen LogP contribution in [0, 0.1) is 5.41 Å². The Hall–Kier alpha value is -0.800. The van der Waals surface area contributed by atoms with Crippen LogP contribution in [0.3, 0.4) is 0 Å². The second-order valence-corrected chi connectivity index (χ2v) is 7.42. The first kappa shape index (κ1) is 15.1. The Labute approximate surface area is 137 Å². The summed E-state index contributed by atoms with van der Waals surface area (Å²) in [6.07, 6.45) is 9.79. The van der Waals surface area contributed by atoms with E-state index in [1.807, 2.05) is 12.1 Å². The number of benzene rings is 1. The van der Waals surface area contributed by atoms with E-state index in [0.717, 1.165) is 18.7 Å². The molecular weight excluding hydrogens is 300 g/mol. The monoisotopic (exact) mass is 322 g/mol. The molecule has 0 amide bonds. The van der Waals surface area contributed by atoms with Gasteiger partial charge in [-0.05, 0) is 49.3 Å². The number of thiocarbonyl (C=S) groups is 1. The quantitative estimate of drug-likeness (QED) is 0.811. The molecule has 1 saturated carbocycles. The van der Waals surface area contributed by atoms with Crippen molar-refractivity contribution < 1.29 is 0 Å². The van der Waals surface area contributed by atoms with Gasteiger partial charge in [-0.3, -0.25) is 0 Å². The summed E-state index contributed by atoms with van der Waals surface area (Å²) in [4.78, 5) is 2.82. The van der Waals surface area contributed by atoms with E-state index in [9.17, 15) is 0 Å². The highest BCUT2D eigenvalue weighted by atomic mass is 35.5. The van der Waals surface area contributed by atoms with E-state index < -0.39 is 0 Å². The normalized spacial score (nSPS) is 21.5. The molecule has 4 heteroatoms. The molecule has 0 unspecified atom stereocenters. The van der Waals surface area contributed by atoms with Crippen molar-refractivity contribution in [2.75, 3.05) is 18.0 Å². The average Bonchev–Trinajstić information content (AvgIpc) is 2.48. The molecule has 2 fully saturated rings. The van der Waals surface area contributed by atoms with Crippen molar-refractivity contribution in [3.63, 3.8) is 0 Å². The molecule has 114 valence electrons. The van der Waals surface area contributed by atoms with E-state index >= 15 is 0 Å². The van der Waals surface area contributed by atoms with Gasteiger partial charge in [0, 0.05) is 24.3 Å². The van der Waals surface area contributed by atoms with E-state index in [1.54, 1.807) is 0 Å². The van der Waals surface area contributed by atoms with Crippen LogP contribution in [0.4, 0.5) is 5.69 Å². The third-order valence-corrected chi connectivity index (χ3v) is 5.85. The molecule has 0 aromatic heterocycles. The summed E-state index contributed by atoms with van der Waals surface area (Å²) < 4.78 is 0. The molecule has 2 nitrogen and oxygen atoms in total. The zero-order valence-electron chi connectivity index (χ0n) is 12.4. The number of hydrogen-bond acceptors (Lipinski definition) is 2. The van der Waals surface area contributed by atoms with Gasteiger partial charge in [-0.15, -0.1) is 0 Å². The van der Waals surface area contributed by atoms with Gasteiger partial charge in [0.1, 0.15) is 4.99 Å². The molecule has 1 spiro atoms. The predicted octanol–water partition coefficient (Wildman–Crippen LogP) is 4.52. The fraction of sp³-hybridized carbons (Fsp3) is 0.588. The lowest BCUT2D eigenvalue weighted by Crippen LogP contribution is -2.41. The minimum absolute atomic E-state index is 0.367. The van der Waals surface area contributed by atoms with E-state index in [4.69, 9.17) is 29.6 Å². The van der Waals surface area contributed by atoms with Gasteiger partial charge < -0.3 is 10.6 Å². The van der Waals surface area contributed by atoms with Crippen molar-refractivity contribution in [1.29, 1.82) is 0 Å². The van der Waals surface area contributed by atoms with Crippen molar-refractivity contribution in [3.8, 4) is 0 Å². The van der Waals surface area contributed by atoms with Gasteiger partial charge in [0.05, 0.1) is 5.02 Å². The minimum atomic E-state index is 0.367. The molecule has 2 aliphatic rings. The smallest absolute Gasteiger partial charge is 0.105 e. The molecule has 1 aliphatic carbocycles. The highest BCUT2D eigenvalue weighted by Crippen LogP contribution is 2.45. The number of hydrogen-bond donors (Lipinski definition) is 1. The maximum atomic E-state index is 6.29. The van der Waals surface area contributed by atoms with E-state index in [2.05, 4.69) is 11.0 Å². The molecule has 1 saturated heterocycles. The third-order valence-electron chi connectivity index (χ3n) is 5.32. The van der Waals surface area contributed by atoms with Crippen molar-refractivity contribution in [2.24, 2.45) is 11.1 Å². The van der Waals surface area contributed by atoms with Crippen LogP contribution in [0.15, 0.2) is 18.2 Å². The van der Waals surface area contributed by atoms with Crippen molar-refractivity contribution in [1.82, 2.24) is 0 Å². The predicted molar refractivity (Wildman–Crippen MR) is 94.3 cm³/mol. The molecule has 0 radical (unpaired) electrons. The first-order chi connectivity index (χ1) is 10.1. The fourth-order valence-corrected chi connectivity index (χ4v) is 4.45. The molecule has 21 heavy (non-hydrogen) atoms. The van der Waals surface area contributed by atoms with Crippen molar-refractivity contribution in [3.05, 3.63) is 28.8 Å². The van der Waals surface area contributed by atoms with Gasteiger partial charge in [0.15, 0.2) is 0 Å². The van der Waals surface area contributed by atoms with E-state index in [-0.39, 0.29) is 0 Å². The van der Waals surface area contributed by atoms with E-state index in [0.29, 0.717) is 15.4 Å². The number of halogens is 1. The summed E-state index contributed by atoms with van der Waals surface area (Å²) in [5, 5.41) is 0.665. The number of nitrogens with zero attached hydrogens (tertiary/aromatic N) is 1. The number of nitrogens with two attached hydrogens (primary N) is 1. The Kier molecular flexibility index (Phi) is 4.41. The first-order valence-electron chi connectivity index (χ1n) is 7.94. The maximum Gasteiger partial charge on any atom is 0.105 e. The van der Waals surface area contributed by atoms with E-state index in [1.165, 1.54) is 50.6 Å². The minimum Gasteiger partial charge on any atom is -0.389 e. The standard InChI is InChI=1S/C17H23ClN2S/c18-15-12-13(4-5-14(15)16(19)21)20-10-8-17(9-11-20)6-2-1-3-7-17/h4-5,12H,1-3,6-11H2,(H2,19,21). The van der Waals surface area contributed by atoms with Crippen LogP contribution in [0.2, 0.25) is 5.02 Å². The molecule has 0 atom stereocenters. The number of piperidine rings is 1. The van der Waals surface area contributed by atoms with Crippen molar-refractivity contribution >= 4 is 34.5 Å². The first-order valence-corrected chi connectivity index (χ1v) is 8.73. The lowest BCUT2D eigenvalue weighted by molar-refractivity contribution is 0.144. The van der Waals surface area contributed by atoms with Gasteiger partial charge in [0.25, 0.3) is 0 Å². The van der Waals surface area contributed by atoms with Gasteiger partial charge >= 0.3 is 0 Å². The molecule has 3 rings (SSSR count). The Morgan fingerprint density at radius 2 is 1.76 bits per heavy atom. The van der Waals surface area contributed by atoms with Gasteiger partial charge in [0.2, 0.25) is 0 Å². The largest absolute Gasteiger partial charge is 0.389 e. The topological polar surface area (TPSA) is 29.3 Å². The van der Waals surface area contributed by atoms with Crippen LogP contribution in [0.25, 0.3) is 0 Å². The average molecular weight is 323 g/mol. The van der Waals surface area contributed by atoms with Gasteiger partial charge in [-0.1, -0.05) is 43.1 Å². The maximum absolute atomic E-state index is 6.29. The van der Waals surface area contributed by atoms with Crippen LogP contribution >= 0.6 is 23.8 Å². The zero-order valence-corrected chi connectivity index (χ0v) is 14.0. The van der Waals surface area contributed by atoms with Crippen LogP contribution in [0.1, 0.15) is 50.5 Å². The molecule has 0 bridgehead atoms. The molecule has 1 aliphatic heterocycles. The van der Waals surface area contributed by atoms with Crippen LogP contribution < -0.4 is 10.6 Å². The molecular formula is C17H23ClN2S. The highest BCUT2D eigenvalue weighted by Gasteiger charge is 2.35. The molecule has 1 aromatic rings. The molecule has 2 N–H and O–H groups in total. The SMILES string of the molecule is NC(=S)c1ccc(N2CCC3(CCCCC3)CC2)cc1Cl. The lowest BCUT2D eigenvalue weighted by atomic mass is 9.68. The van der Waals surface area contributed by atoms with Crippen LogP contribution in [-0.2, 0) is 0 Å². The molecule has 1 aromatic carbocycles. The second-order valence-electron chi connectivity index (χ2n) is 6.58. The second kappa shape index (κ2) is 6.13. The summed E-state index contributed by atoms with van der Waals surface area (Å²) in [5.74, 6) is 0. The number of anilines is 1. The Morgan fingerprint density at radius 3 is 2.33 bits per heavy atom. The summed E-state index contributed by atoms with van der Waals surface area (Å²) in [5.41, 5.74) is 8.28. The Balaban J connectivity index is 1.69. The highest BCUT2D eigenvalue weighted by molar-refractivity contribution is 7.80. The summed E-state index contributed by atoms with van der Waals surface area (Å²) in [6.45, 7) is 2.28. The lowest BCUT2D eigenvalue weighted by Gasteiger charge is -2.45.